The first-order valence-corrected chi connectivity index (χ1v) is 10.2. The summed E-state index contributed by atoms with van der Waals surface area (Å²) in [5.74, 6) is 0. The second kappa shape index (κ2) is 6.08. The summed E-state index contributed by atoms with van der Waals surface area (Å²) in [5, 5.41) is 5.55. The van der Waals surface area contributed by atoms with Gasteiger partial charge in [0.15, 0.2) is 0 Å². The van der Waals surface area contributed by atoms with E-state index in [1.165, 1.54) is 70.6 Å². The molecule has 1 saturated heterocycles. The molecule has 0 saturated carbocycles. The van der Waals surface area contributed by atoms with Crippen LogP contribution in [0.5, 0.6) is 0 Å². The first kappa shape index (κ1) is 15.7. The van der Waals surface area contributed by atoms with Crippen molar-refractivity contribution in [2.24, 2.45) is 0 Å². The summed E-state index contributed by atoms with van der Waals surface area (Å²) >= 11 is 0. The second-order valence-electron chi connectivity index (χ2n) is 8.16. The highest BCUT2D eigenvalue weighted by atomic mass is 15.3. The predicted octanol–water partition coefficient (Wildman–Crippen LogP) is 4.82. The van der Waals surface area contributed by atoms with Crippen LogP contribution in [0.15, 0.2) is 54.6 Å². The Labute approximate surface area is 159 Å². The molecule has 0 bridgehead atoms. The number of fused-ring (bicyclic) bond motifs is 5. The molecule has 0 N–H and O–H groups in total. The van der Waals surface area contributed by atoms with Crippen molar-refractivity contribution in [3.63, 3.8) is 0 Å². The first-order chi connectivity index (χ1) is 13.4. The molecule has 4 aromatic rings. The molecule has 136 valence electrons. The second-order valence-corrected chi connectivity index (χ2v) is 8.16. The number of para-hydroxylation sites is 1. The third-order valence-corrected chi connectivity index (χ3v) is 6.52. The third kappa shape index (κ3) is 2.42. The highest BCUT2D eigenvalue weighted by Gasteiger charge is 2.23. The molecule has 3 heteroatoms. The molecule has 0 spiro atoms. The number of nitrogens with zero attached hydrogens (tertiary/aromatic N) is 3. The lowest BCUT2D eigenvalue weighted by Gasteiger charge is -2.30. The van der Waals surface area contributed by atoms with E-state index in [4.69, 9.17) is 0 Å². The van der Waals surface area contributed by atoms with Gasteiger partial charge in [-0.05, 0) is 48.3 Å². The largest absolute Gasteiger partial charge is 0.326 e. The molecule has 2 aliphatic heterocycles. The molecule has 2 aliphatic rings. The van der Waals surface area contributed by atoms with E-state index < -0.39 is 0 Å². The van der Waals surface area contributed by atoms with Crippen molar-refractivity contribution in [1.29, 1.82) is 0 Å². The van der Waals surface area contributed by atoms with Crippen LogP contribution in [0, 0.1) is 0 Å². The molecule has 3 nitrogen and oxygen atoms in total. The normalized spacial score (nSPS) is 18.2. The maximum atomic E-state index is 2.62. The summed E-state index contributed by atoms with van der Waals surface area (Å²) in [4.78, 5) is 5.24. The monoisotopic (exact) mass is 355 g/mol. The molecule has 1 fully saturated rings. The zero-order valence-electron chi connectivity index (χ0n) is 15.7. The summed E-state index contributed by atoms with van der Waals surface area (Å²) in [5.41, 5.74) is 4.30. The zero-order chi connectivity index (χ0) is 17.8. The third-order valence-electron chi connectivity index (χ3n) is 6.52. The lowest BCUT2D eigenvalue weighted by atomic mass is 10.0. The van der Waals surface area contributed by atoms with Crippen LogP contribution in [0.25, 0.3) is 32.6 Å². The van der Waals surface area contributed by atoms with E-state index in [0.29, 0.717) is 0 Å². The van der Waals surface area contributed by atoms with Gasteiger partial charge in [-0.25, -0.2) is 0 Å². The molecular weight excluding hydrogens is 330 g/mol. The Kier molecular flexibility index (Phi) is 3.53. The number of hydrogen-bond acceptors (Lipinski definition) is 2. The van der Waals surface area contributed by atoms with Gasteiger partial charge in [0.25, 0.3) is 0 Å². The van der Waals surface area contributed by atoms with Crippen LogP contribution in [0.2, 0.25) is 0 Å². The summed E-state index contributed by atoms with van der Waals surface area (Å²) in [6, 6.07) is 20.3. The Morgan fingerprint density at radius 3 is 2.48 bits per heavy atom. The highest BCUT2D eigenvalue weighted by Crippen LogP contribution is 2.38. The van der Waals surface area contributed by atoms with Crippen molar-refractivity contribution < 1.29 is 0 Å². The number of rotatable bonds is 3. The van der Waals surface area contributed by atoms with E-state index >= 15 is 0 Å². The van der Waals surface area contributed by atoms with Crippen molar-refractivity contribution in [3.8, 4) is 0 Å². The zero-order valence-corrected chi connectivity index (χ0v) is 15.7. The van der Waals surface area contributed by atoms with Gasteiger partial charge in [0.2, 0.25) is 0 Å². The first-order valence-electron chi connectivity index (χ1n) is 10.2. The Hall–Kier alpha value is -2.36. The highest BCUT2D eigenvalue weighted by molar-refractivity contribution is 6.21. The van der Waals surface area contributed by atoms with E-state index in [1.54, 1.807) is 0 Å². The van der Waals surface area contributed by atoms with Crippen LogP contribution in [0.1, 0.15) is 18.4 Å². The maximum absolute atomic E-state index is 2.62. The average Bonchev–Trinajstić information content (AvgIpc) is 3.34. The minimum atomic E-state index is 1.00. The Morgan fingerprint density at radius 2 is 1.56 bits per heavy atom. The van der Waals surface area contributed by atoms with Gasteiger partial charge in [0.05, 0.1) is 17.7 Å². The Bertz CT molecular complexity index is 1150. The molecule has 1 aromatic heterocycles. The number of aromatic nitrogens is 1. The number of benzene rings is 3. The van der Waals surface area contributed by atoms with Crippen molar-refractivity contribution in [3.05, 3.63) is 60.2 Å². The fraction of sp³-hybridized carbons (Fsp3) is 0.333. The van der Waals surface area contributed by atoms with Crippen LogP contribution in [-0.4, -0.2) is 40.5 Å². The Balaban J connectivity index is 1.47. The van der Waals surface area contributed by atoms with Crippen molar-refractivity contribution in [1.82, 2.24) is 14.4 Å². The Morgan fingerprint density at radius 1 is 0.741 bits per heavy atom. The lowest BCUT2D eigenvalue weighted by Crippen LogP contribution is -2.36. The topological polar surface area (TPSA) is 11.4 Å². The summed E-state index contributed by atoms with van der Waals surface area (Å²) < 4.78 is 2.56. The molecule has 0 amide bonds. The molecule has 0 atom stereocenters. The van der Waals surface area contributed by atoms with E-state index in [2.05, 4.69) is 69.0 Å². The van der Waals surface area contributed by atoms with Gasteiger partial charge >= 0.3 is 0 Å². The smallest absolute Gasteiger partial charge is 0.0760 e. The summed E-state index contributed by atoms with van der Waals surface area (Å²) in [7, 11) is 0. The van der Waals surface area contributed by atoms with Gasteiger partial charge in [-0.2, -0.15) is 0 Å². The molecule has 0 radical (unpaired) electrons. The van der Waals surface area contributed by atoms with E-state index in [0.717, 1.165) is 19.8 Å². The van der Waals surface area contributed by atoms with E-state index in [-0.39, 0.29) is 0 Å². The average molecular weight is 355 g/mol. The van der Waals surface area contributed by atoms with Crippen LogP contribution in [-0.2, 0) is 13.2 Å². The lowest BCUT2D eigenvalue weighted by molar-refractivity contribution is 0.177. The quantitative estimate of drug-likeness (QED) is 0.522. The molecule has 0 unspecified atom stereocenters. The van der Waals surface area contributed by atoms with Gasteiger partial charge in [-0.3, -0.25) is 4.90 Å². The van der Waals surface area contributed by atoms with E-state index in [9.17, 15) is 0 Å². The van der Waals surface area contributed by atoms with Gasteiger partial charge in [-0.15, -0.1) is 0 Å². The van der Waals surface area contributed by atoms with Crippen molar-refractivity contribution in [2.75, 3.05) is 26.2 Å². The fourth-order valence-corrected chi connectivity index (χ4v) is 5.20. The molecule has 0 aliphatic carbocycles. The fourth-order valence-electron chi connectivity index (χ4n) is 5.20. The maximum Gasteiger partial charge on any atom is 0.0760 e. The van der Waals surface area contributed by atoms with Gasteiger partial charge in [-0.1, -0.05) is 48.5 Å². The van der Waals surface area contributed by atoms with Crippen LogP contribution in [0.3, 0.4) is 0 Å². The van der Waals surface area contributed by atoms with Crippen LogP contribution < -0.4 is 0 Å². The van der Waals surface area contributed by atoms with Crippen LogP contribution >= 0.6 is 0 Å². The van der Waals surface area contributed by atoms with Crippen molar-refractivity contribution >= 4 is 32.6 Å². The molecular formula is C24H25N3. The number of likely N-dealkylation sites (tertiary alicyclic amines) is 1. The SMILES string of the molecule is c1ccc2c(c1)ccc1c2c2cccc3c2n1CN(CCN1CCCC1)C3. The van der Waals surface area contributed by atoms with Crippen molar-refractivity contribution in [2.45, 2.75) is 26.1 Å². The summed E-state index contributed by atoms with van der Waals surface area (Å²) in [6.07, 6.45) is 2.75. The van der Waals surface area contributed by atoms with E-state index in [1.807, 2.05) is 0 Å². The molecule has 27 heavy (non-hydrogen) atoms. The molecule has 3 heterocycles. The van der Waals surface area contributed by atoms with Gasteiger partial charge in [0.1, 0.15) is 0 Å². The minimum absolute atomic E-state index is 1.00. The van der Waals surface area contributed by atoms with Gasteiger partial charge in [0, 0.05) is 30.4 Å². The summed E-state index contributed by atoms with van der Waals surface area (Å²) in [6.45, 7) is 7.00. The molecule has 3 aromatic carbocycles. The minimum Gasteiger partial charge on any atom is -0.326 e. The predicted molar refractivity (Wildman–Crippen MR) is 113 cm³/mol. The standard InChI is InChI=1S/C24H25N3/c1-2-8-20-18(6-1)10-11-22-23(20)21-9-5-7-19-16-26(17-27(22)24(19)21)15-14-25-12-3-4-13-25/h1-2,5-11H,3-4,12-17H2. The van der Waals surface area contributed by atoms with Gasteiger partial charge < -0.3 is 9.47 Å². The molecule has 6 rings (SSSR count). The number of hydrogen-bond donors (Lipinski definition) is 0. The van der Waals surface area contributed by atoms with Crippen LogP contribution in [0.4, 0.5) is 0 Å².